The summed E-state index contributed by atoms with van der Waals surface area (Å²) >= 11 is 6.13. The first-order valence-electron chi connectivity index (χ1n) is 9.93. The lowest BCUT2D eigenvalue weighted by atomic mass is 10.1. The molecule has 0 spiro atoms. The fourth-order valence-corrected chi connectivity index (χ4v) is 4.60. The van der Waals surface area contributed by atoms with E-state index in [9.17, 15) is 14.8 Å². The second-order valence-electron chi connectivity index (χ2n) is 8.14. The molecule has 1 saturated carbocycles. The zero-order valence-electron chi connectivity index (χ0n) is 16.7. The molecule has 6 atom stereocenters. The molecule has 2 aromatic rings. The van der Waals surface area contributed by atoms with Gasteiger partial charge in [0, 0.05) is 6.04 Å². The van der Waals surface area contributed by atoms with E-state index < -0.39 is 38.5 Å². The summed E-state index contributed by atoms with van der Waals surface area (Å²) in [6.45, 7) is 1.89. The van der Waals surface area contributed by atoms with Crippen LogP contribution in [0.3, 0.4) is 0 Å². The Kier molecular flexibility index (Phi) is 6.53. The van der Waals surface area contributed by atoms with Crippen molar-refractivity contribution >= 4 is 36.2 Å². The smallest absolute Gasteiger partial charge is 0.350 e. The van der Waals surface area contributed by atoms with Gasteiger partial charge in [-0.2, -0.15) is 9.97 Å². The Labute approximate surface area is 182 Å². The Morgan fingerprint density at radius 2 is 2.10 bits per heavy atom. The third-order valence-electron chi connectivity index (χ3n) is 5.58. The second kappa shape index (κ2) is 8.87. The number of halogens is 1. The molecule has 0 bridgehead atoms. The first kappa shape index (κ1) is 22.8. The average Bonchev–Trinajstić information content (AvgIpc) is 3.35. The van der Waals surface area contributed by atoms with Crippen LogP contribution in [0.4, 0.5) is 5.82 Å². The topological polar surface area (TPSA) is 172 Å². The summed E-state index contributed by atoms with van der Waals surface area (Å²) in [6.07, 6.45) is -0.985. The van der Waals surface area contributed by atoms with Gasteiger partial charge in [0.05, 0.1) is 12.9 Å². The number of aliphatic hydroxyl groups excluding tert-OH is 2. The van der Waals surface area contributed by atoms with E-state index in [1.54, 1.807) is 0 Å². The minimum absolute atomic E-state index is 0.00245. The molecule has 2 aliphatic rings. The molecule has 31 heavy (non-hydrogen) atoms. The summed E-state index contributed by atoms with van der Waals surface area (Å²) in [7, 11) is -4.36. The van der Waals surface area contributed by atoms with Crippen molar-refractivity contribution in [2.75, 3.05) is 18.3 Å². The zero-order chi connectivity index (χ0) is 22.3. The number of aromatic nitrogens is 4. The molecule has 172 valence electrons. The van der Waals surface area contributed by atoms with Gasteiger partial charge in [0.25, 0.3) is 0 Å². The number of rotatable bonds is 7. The van der Waals surface area contributed by atoms with E-state index in [2.05, 4.69) is 27.2 Å². The standard InChI is InChI=1S/C17H25ClN5O7P/c1-8-2-3-9(4-8)20-14-11-15(22-17(18)21-14)23(6-19-11)16-13(25)12(24)10(30-16)5-29-7-31(26,27)28/h6,8-10,12-13,16,24-25H,2-5,7H2,1H3,(H,20,21,22)(H2,26,27,28)/t8-,9?,10+,12+,13+,16+/m0/s1. The zero-order valence-corrected chi connectivity index (χ0v) is 18.4. The Morgan fingerprint density at radius 1 is 1.32 bits per heavy atom. The van der Waals surface area contributed by atoms with Crippen LogP contribution in [0.2, 0.25) is 5.28 Å². The number of nitrogens with zero attached hydrogens (tertiary/aromatic N) is 4. The van der Waals surface area contributed by atoms with Gasteiger partial charge in [-0.1, -0.05) is 6.92 Å². The molecule has 2 fully saturated rings. The van der Waals surface area contributed by atoms with Gasteiger partial charge in [0.1, 0.15) is 24.7 Å². The van der Waals surface area contributed by atoms with E-state index in [1.165, 1.54) is 10.9 Å². The number of hydrogen-bond acceptors (Lipinski definition) is 9. The monoisotopic (exact) mass is 477 g/mol. The molecule has 2 aromatic heterocycles. The average molecular weight is 478 g/mol. The molecule has 0 amide bonds. The summed E-state index contributed by atoms with van der Waals surface area (Å²) in [6, 6.07) is 0.250. The molecule has 3 heterocycles. The first-order chi connectivity index (χ1) is 14.6. The van der Waals surface area contributed by atoms with Crippen molar-refractivity contribution in [2.45, 2.75) is 56.8 Å². The third-order valence-corrected chi connectivity index (χ3v) is 6.27. The van der Waals surface area contributed by atoms with Crippen LogP contribution in [0, 0.1) is 5.92 Å². The molecular formula is C17H25ClN5O7P. The summed E-state index contributed by atoms with van der Waals surface area (Å²) in [5, 5.41) is 24.2. The van der Waals surface area contributed by atoms with E-state index >= 15 is 0 Å². The van der Waals surface area contributed by atoms with Crippen LogP contribution in [0.25, 0.3) is 11.2 Å². The lowest BCUT2D eigenvalue weighted by Crippen LogP contribution is -2.33. The van der Waals surface area contributed by atoms with Crippen molar-refractivity contribution in [2.24, 2.45) is 5.92 Å². The van der Waals surface area contributed by atoms with Gasteiger partial charge >= 0.3 is 7.60 Å². The lowest BCUT2D eigenvalue weighted by Gasteiger charge is -2.17. The van der Waals surface area contributed by atoms with Crippen molar-refractivity contribution in [3.63, 3.8) is 0 Å². The fourth-order valence-electron chi connectivity index (χ4n) is 4.09. The van der Waals surface area contributed by atoms with Gasteiger partial charge in [0.15, 0.2) is 23.2 Å². The first-order valence-corrected chi connectivity index (χ1v) is 12.1. The highest BCUT2D eigenvalue weighted by molar-refractivity contribution is 7.51. The van der Waals surface area contributed by atoms with Gasteiger partial charge in [0.2, 0.25) is 5.28 Å². The Morgan fingerprint density at radius 3 is 2.77 bits per heavy atom. The van der Waals surface area contributed by atoms with Crippen LogP contribution in [-0.4, -0.2) is 76.8 Å². The number of fused-ring (bicyclic) bond motifs is 1. The Balaban J connectivity index is 1.54. The number of imidazole rings is 1. The minimum Gasteiger partial charge on any atom is -0.387 e. The molecule has 0 radical (unpaired) electrons. The molecule has 1 saturated heterocycles. The van der Waals surface area contributed by atoms with Crippen molar-refractivity contribution in [3.8, 4) is 0 Å². The highest BCUT2D eigenvalue weighted by Gasteiger charge is 2.44. The summed E-state index contributed by atoms with van der Waals surface area (Å²) in [5.74, 6) is 1.11. The van der Waals surface area contributed by atoms with Gasteiger partial charge in [-0.15, -0.1) is 0 Å². The van der Waals surface area contributed by atoms with Crippen LogP contribution in [0.15, 0.2) is 6.33 Å². The molecule has 1 aliphatic heterocycles. The van der Waals surface area contributed by atoms with Crippen LogP contribution >= 0.6 is 19.2 Å². The summed E-state index contributed by atoms with van der Waals surface area (Å²) in [5.41, 5.74) is 0.775. The van der Waals surface area contributed by atoms with Crippen LogP contribution in [0.5, 0.6) is 0 Å². The van der Waals surface area contributed by atoms with E-state index in [4.69, 9.17) is 30.9 Å². The largest absolute Gasteiger partial charge is 0.387 e. The molecule has 14 heteroatoms. The Bertz CT molecular complexity index is 987. The molecule has 12 nitrogen and oxygen atoms in total. The highest BCUT2D eigenvalue weighted by atomic mass is 35.5. The van der Waals surface area contributed by atoms with Gasteiger partial charge in [-0.05, 0) is 36.8 Å². The van der Waals surface area contributed by atoms with Crippen molar-refractivity contribution < 1.29 is 34.0 Å². The number of aliphatic hydroxyl groups is 2. The van der Waals surface area contributed by atoms with Crippen molar-refractivity contribution in [3.05, 3.63) is 11.6 Å². The van der Waals surface area contributed by atoms with Crippen molar-refractivity contribution in [1.29, 1.82) is 0 Å². The quantitative estimate of drug-likeness (QED) is 0.282. The molecule has 1 unspecified atom stereocenters. The number of anilines is 1. The predicted octanol–water partition coefficient (Wildman–Crippen LogP) is 0.851. The number of ether oxygens (including phenoxy) is 2. The van der Waals surface area contributed by atoms with Gasteiger partial charge < -0.3 is 34.8 Å². The SMILES string of the molecule is C[C@H]1CCC(Nc2nc(Cl)nc3c2ncn3[C@@H]2O[C@H](COCP(=O)(O)O)[C@@H](O)[C@H]2O)C1. The summed E-state index contributed by atoms with van der Waals surface area (Å²) < 4.78 is 23.0. The number of hydrogen-bond donors (Lipinski definition) is 5. The fraction of sp³-hybridized carbons (Fsp3) is 0.706. The summed E-state index contributed by atoms with van der Waals surface area (Å²) in [4.78, 5) is 30.6. The number of nitrogens with one attached hydrogen (secondary N) is 1. The molecule has 0 aromatic carbocycles. The molecule has 1 aliphatic carbocycles. The van der Waals surface area contributed by atoms with Crippen molar-refractivity contribution in [1.82, 2.24) is 19.5 Å². The van der Waals surface area contributed by atoms with Crippen LogP contribution in [-0.2, 0) is 14.0 Å². The van der Waals surface area contributed by atoms with Gasteiger partial charge in [-0.3, -0.25) is 9.13 Å². The molecule has 5 N–H and O–H groups in total. The third kappa shape index (κ3) is 5.01. The second-order valence-corrected chi connectivity index (χ2v) is 10.1. The highest BCUT2D eigenvalue weighted by Crippen LogP contribution is 2.36. The molecule has 4 rings (SSSR count). The minimum atomic E-state index is -4.36. The van der Waals surface area contributed by atoms with Crippen LogP contribution in [0.1, 0.15) is 32.4 Å². The Hall–Kier alpha value is -1.37. The van der Waals surface area contributed by atoms with Crippen LogP contribution < -0.4 is 5.32 Å². The maximum Gasteiger partial charge on any atom is 0.350 e. The maximum atomic E-state index is 10.9. The van der Waals surface area contributed by atoms with E-state index in [0.29, 0.717) is 22.9 Å². The van der Waals surface area contributed by atoms with E-state index in [0.717, 1.165) is 19.3 Å². The lowest BCUT2D eigenvalue weighted by molar-refractivity contribution is -0.0612. The molecular weight excluding hydrogens is 453 g/mol. The maximum absolute atomic E-state index is 10.9. The predicted molar refractivity (Wildman–Crippen MR) is 110 cm³/mol. The van der Waals surface area contributed by atoms with Gasteiger partial charge in [-0.25, -0.2) is 4.98 Å². The van der Waals surface area contributed by atoms with E-state index in [-0.39, 0.29) is 17.9 Å². The normalized spacial score (nSPS) is 31.5. The van der Waals surface area contributed by atoms with E-state index in [1.807, 2.05) is 0 Å².